The number of hydrogen-bond acceptors (Lipinski definition) is 3. The highest BCUT2D eigenvalue weighted by Gasteiger charge is 2.48. The molecule has 0 amide bonds. The first-order valence-corrected chi connectivity index (χ1v) is 10.7. The molecule has 0 spiro atoms. The smallest absolute Gasteiger partial charge is 0.115 e. The molecule has 28 heavy (non-hydrogen) atoms. The van der Waals surface area contributed by atoms with Crippen molar-refractivity contribution in [2.45, 2.75) is 57.1 Å². The minimum absolute atomic E-state index is 0.328. The van der Waals surface area contributed by atoms with E-state index < -0.39 is 5.60 Å². The molecule has 0 radical (unpaired) electrons. The fourth-order valence-electron chi connectivity index (χ4n) is 5.43. The molecule has 150 valence electrons. The van der Waals surface area contributed by atoms with Crippen LogP contribution in [0.2, 0.25) is 0 Å². The maximum absolute atomic E-state index is 11.2. The van der Waals surface area contributed by atoms with Gasteiger partial charge in [-0.3, -0.25) is 4.90 Å². The van der Waals surface area contributed by atoms with Crippen LogP contribution in [0.5, 0.6) is 5.75 Å². The zero-order chi connectivity index (χ0) is 19.7. The number of phenolic OH excluding ortho intramolecular Hbond substituents is 1. The quantitative estimate of drug-likeness (QED) is 0.771. The van der Waals surface area contributed by atoms with Crippen molar-refractivity contribution in [3.8, 4) is 5.75 Å². The zero-order valence-corrected chi connectivity index (χ0v) is 17.1. The van der Waals surface area contributed by atoms with Gasteiger partial charge in [0.25, 0.3) is 0 Å². The van der Waals surface area contributed by atoms with Gasteiger partial charge in [-0.2, -0.15) is 0 Å². The van der Waals surface area contributed by atoms with Crippen LogP contribution >= 0.6 is 0 Å². The first-order chi connectivity index (χ1) is 13.4. The van der Waals surface area contributed by atoms with Crippen molar-refractivity contribution < 1.29 is 10.2 Å². The standard InChI is InChI=1S/C25H33NO2/c1-18(21-8-10-24(27)11-9-21)19(2)26-16-22-14-25(28,15-23(22)17-26)13-12-20-6-4-3-5-7-20/h3-11,18-19,22-23,27-28H,12-17H2,1-2H3/t18?,19?,22-,23+,25-. The Balaban J connectivity index is 1.32. The summed E-state index contributed by atoms with van der Waals surface area (Å²) < 4.78 is 0. The van der Waals surface area contributed by atoms with Crippen molar-refractivity contribution in [2.24, 2.45) is 11.8 Å². The Labute approximate surface area is 169 Å². The second-order valence-electron chi connectivity index (χ2n) is 9.21. The van der Waals surface area contributed by atoms with Crippen molar-refractivity contribution in [3.05, 3.63) is 65.7 Å². The summed E-state index contributed by atoms with van der Waals surface area (Å²) in [6.45, 7) is 6.80. The Kier molecular flexibility index (Phi) is 5.48. The predicted octanol–water partition coefficient (Wildman–Crippen LogP) is 4.59. The molecule has 3 nitrogen and oxygen atoms in total. The van der Waals surface area contributed by atoms with Crippen LogP contribution in [-0.2, 0) is 6.42 Å². The third-order valence-corrected chi connectivity index (χ3v) is 7.33. The topological polar surface area (TPSA) is 43.7 Å². The summed E-state index contributed by atoms with van der Waals surface area (Å²) in [4.78, 5) is 2.61. The van der Waals surface area contributed by atoms with E-state index in [1.54, 1.807) is 12.1 Å². The molecule has 0 bridgehead atoms. The van der Waals surface area contributed by atoms with Crippen LogP contribution in [0.3, 0.4) is 0 Å². The molecule has 1 heterocycles. The minimum atomic E-state index is -0.483. The maximum Gasteiger partial charge on any atom is 0.115 e. The lowest BCUT2D eigenvalue weighted by Gasteiger charge is -2.32. The highest BCUT2D eigenvalue weighted by Crippen LogP contribution is 2.47. The molecule has 2 aliphatic rings. The summed E-state index contributed by atoms with van der Waals surface area (Å²) in [5, 5.41) is 20.7. The fourth-order valence-corrected chi connectivity index (χ4v) is 5.43. The van der Waals surface area contributed by atoms with Gasteiger partial charge in [-0.15, -0.1) is 0 Å². The molecule has 1 aliphatic carbocycles. The van der Waals surface area contributed by atoms with E-state index >= 15 is 0 Å². The summed E-state index contributed by atoms with van der Waals surface area (Å²) in [6, 6.07) is 18.6. The lowest BCUT2D eigenvalue weighted by Crippen LogP contribution is -2.37. The first kappa shape index (κ1) is 19.5. The zero-order valence-electron chi connectivity index (χ0n) is 17.1. The average molecular weight is 380 g/mol. The third-order valence-electron chi connectivity index (χ3n) is 7.33. The first-order valence-electron chi connectivity index (χ1n) is 10.7. The number of aryl methyl sites for hydroxylation is 1. The van der Waals surface area contributed by atoms with Gasteiger partial charge in [-0.25, -0.2) is 0 Å². The third kappa shape index (κ3) is 4.11. The maximum atomic E-state index is 11.2. The van der Waals surface area contributed by atoms with E-state index in [1.165, 1.54) is 11.1 Å². The molecule has 1 saturated heterocycles. The number of aromatic hydroxyl groups is 1. The molecule has 2 aromatic carbocycles. The molecule has 0 aromatic heterocycles. The summed E-state index contributed by atoms with van der Waals surface area (Å²) >= 11 is 0. The van der Waals surface area contributed by atoms with E-state index in [2.05, 4.69) is 43.0 Å². The molecule has 4 rings (SSSR count). The number of nitrogens with zero attached hydrogens (tertiary/aromatic N) is 1. The molecular weight excluding hydrogens is 346 g/mol. The number of hydrogen-bond donors (Lipinski definition) is 2. The van der Waals surface area contributed by atoms with E-state index in [0.717, 1.165) is 38.8 Å². The lowest BCUT2D eigenvalue weighted by atomic mass is 9.90. The number of aliphatic hydroxyl groups is 1. The summed E-state index contributed by atoms with van der Waals surface area (Å²) in [5.41, 5.74) is 2.12. The average Bonchev–Trinajstić information content (AvgIpc) is 3.22. The Bertz CT molecular complexity index is 759. The Morgan fingerprint density at radius 2 is 1.57 bits per heavy atom. The monoisotopic (exact) mass is 379 g/mol. The van der Waals surface area contributed by atoms with Gasteiger partial charge in [0.2, 0.25) is 0 Å². The molecule has 2 unspecified atom stereocenters. The predicted molar refractivity (Wildman–Crippen MR) is 113 cm³/mol. The second kappa shape index (κ2) is 7.88. The van der Waals surface area contributed by atoms with Gasteiger partial charge in [0.05, 0.1) is 5.60 Å². The van der Waals surface area contributed by atoms with Gasteiger partial charge in [0, 0.05) is 19.1 Å². The lowest BCUT2D eigenvalue weighted by molar-refractivity contribution is 0.0249. The normalized spacial score (nSPS) is 29.5. The molecule has 2 aromatic rings. The van der Waals surface area contributed by atoms with Crippen LogP contribution in [0, 0.1) is 11.8 Å². The van der Waals surface area contributed by atoms with Crippen LogP contribution < -0.4 is 0 Å². The fraction of sp³-hybridized carbons (Fsp3) is 0.520. The molecule has 2 fully saturated rings. The largest absolute Gasteiger partial charge is 0.508 e. The van der Waals surface area contributed by atoms with Crippen molar-refractivity contribution in [1.82, 2.24) is 4.90 Å². The van der Waals surface area contributed by atoms with Crippen LogP contribution in [0.1, 0.15) is 50.2 Å². The SMILES string of the molecule is CC(c1ccc(O)cc1)C(C)N1C[C@@H]2C[C@@](O)(CCc3ccccc3)C[C@@H]2C1. The Morgan fingerprint density at radius 3 is 2.18 bits per heavy atom. The van der Waals surface area contributed by atoms with Crippen molar-refractivity contribution in [1.29, 1.82) is 0 Å². The number of benzene rings is 2. The second-order valence-corrected chi connectivity index (χ2v) is 9.21. The van der Waals surface area contributed by atoms with E-state index in [9.17, 15) is 10.2 Å². The molecular formula is C25H33NO2. The van der Waals surface area contributed by atoms with Crippen molar-refractivity contribution in [3.63, 3.8) is 0 Å². The molecule has 3 heteroatoms. The van der Waals surface area contributed by atoms with E-state index in [0.29, 0.717) is 29.5 Å². The van der Waals surface area contributed by atoms with Gasteiger partial charge in [-0.1, -0.05) is 49.4 Å². The number of phenols is 1. The van der Waals surface area contributed by atoms with Crippen molar-refractivity contribution >= 4 is 0 Å². The van der Waals surface area contributed by atoms with Crippen LogP contribution in [-0.4, -0.2) is 39.8 Å². The molecule has 1 aliphatic heterocycles. The molecule has 5 atom stereocenters. The highest BCUT2D eigenvalue weighted by atomic mass is 16.3. The summed E-state index contributed by atoms with van der Waals surface area (Å²) in [5.74, 6) is 2.00. The van der Waals surface area contributed by atoms with E-state index in [4.69, 9.17) is 0 Å². The summed E-state index contributed by atoms with van der Waals surface area (Å²) in [6.07, 6.45) is 3.74. The van der Waals surface area contributed by atoms with Gasteiger partial charge >= 0.3 is 0 Å². The molecule has 2 N–H and O–H groups in total. The highest BCUT2D eigenvalue weighted by molar-refractivity contribution is 5.29. The van der Waals surface area contributed by atoms with Crippen molar-refractivity contribution in [2.75, 3.05) is 13.1 Å². The number of fused-ring (bicyclic) bond motifs is 1. The van der Waals surface area contributed by atoms with Crippen LogP contribution in [0.4, 0.5) is 0 Å². The minimum Gasteiger partial charge on any atom is -0.508 e. The number of rotatable bonds is 6. The van der Waals surface area contributed by atoms with E-state index in [-0.39, 0.29) is 0 Å². The Morgan fingerprint density at radius 1 is 0.964 bits per heavy atom. The Hall–Kier alpha value is -1.84. The van der Waals surface area contributed by atoms with Gasteiger partial charge in [0.1, 0.15) is 5.75 Å². The van der Waals surface area contributed by atoms with Gasteiger partial charge in [-0.05, 0) is 73.6 Å². The summed E-state index contributed by atoms with van der Waals surface area (Å²) in [7, 11) is 0. The van der Waals surface area contributed by atoms with Gasteiger partial charge < -0.3 is 10.2 Å². The van der Waals surface area contributed by atoms with Crippen LogP contribution in [0.15, 0.2) is 54.6 Å². The molecule has 1 saturated carbocycles. The van der Waals surface area contributed by atoms with Gasteiger partial charge in [0.15, 0.2) is 0 Å². The number of likely N-dealkylation sites (tertiary alicyclic amines) is 1. The van der Waals surface area contributed by atoms with Crippen LogP contribution in [0.25, 0.3) is 0 Å². The van der Waals surface area contributed by atoms with E-state index in [1.807, 2.05) is 18.2 Å².